The Labute approximate surface area is 314 Å². The molecule has 310 valence electrons. The summed E-state index contributed by atoms with van der Waals surface area (Å²) in [6, 6.07) is 0. The van der Waals surface area contributed by atoms with Crippen LogP contribution in [0.2, 0.25) is 0 Å². The van der Waals surface area contributed by atoms with E-state index in [1.807, 2.05) is 0 Å². The molecule has 0 aromatic carbocycles. The van der Waals surface area contributed by atoms with Gasteiger partial charge in [-0.1, -0.05) is 25.6 Å². The fourth-order valence-corrected chi connectivity index (χ4v) is 7.97. The van der Waals surface area contributed by atoms with Crippen molar-refractivity contribution >= 4 is 75.1 Å². The second-order valence-electron chi connectivity index (χ2n) is 12.2. The minimum atomic E-state index is -5.94. The average Bonchev–Trinajstić information content (AvgIpc) is 3.64. The molecule has 1 fully saturated rings. The number of phosphoric ester groups is 3. The summed E-state index contributed by atoms with van der Waals surface area (Å²) in [6.45, 7) is 0.836. The zero-order valence-electron chi connectivity index (χ0n) is 28.8. The van der Waals surface area contributed by atoms with Gasteiger partial charge in [-0.3, -0.25) is 28.1 Å². The number of carboxylic acids is 1. The maximum absolute atomic E-state index is 12.5. The quantitative estimate of drug-likeness (QED) is 0.0444. The van der Waals surface area contributed by atoms with Crippen molar-refractivity contribution in [3.05, 3.63) is 12.7 Å². The van der Waals surface area contributed by atoms with Crippen LogP contribution in [0.5, 0.6) is 0 Å². The molecule has 6 N–H and O–H groups in total. The van der Waals surface area contributed by atoms with E-state index in [1.165, 1.54) is 0 Å². The summed E-state index contributed by atoms with van der Waals surface area (Å²) in [4.78, 5) is 106. The molecule has 1 saturated heterocycles. The van der Waals surface area contributed by atoms with E-state index in [0.717, 1.165) is 38.0 Å². The second kappa shape index (κ2) is 19.0. The number of nitrogens with one attached hydrogen (secondary N) is 2. The number of carbonyl (C=O) groups is 4. The molecular weight excluding hydrogens is 827 g/mol. The number of carbonyl (C=O) groups excluding carboxylic acids is 4. The molecule has 3 rings (SSSR count). The second-order valence-corrected chi connectivity index (χ2v) is 17.4. The van der Waals surface area contributed by atoms with E-state index >= 15 is 0 Å². The van der Waals surface area contributed by atoms with Crippen LogP contribution in [0, 0.1) is 11.3 Å². The van der Waals surface area contributed by atoms with Crippen molar-refractivity contribution in [2.24, 2.45) is 11.3 Å². The highest BCUT2D eigenvalue weighted by atomic mass is 32.2. The number of anilines is 1. The maximum atomic E-state index is 12.5. The number of carboxylic acid groups (broad SMARTS) is 1. The summed E-state index contributed by atoms with van der Waals surface area (Å²) in [6.07, 6.45) is -7.82. The lowest BCUT2D eigenvalue weighted by Crippen LogP contribution is -2.46. The molecule has 3 heterocycles. The number of aliphatic carboxylic acids is 1. The van der Waals surface area contributed by atoms with E-state index in [1.54, 1.807) is 0 Å². The zero-order valence-corrected chi connectivity index (χ0v) is 32.3. The maximum Gasteiger partial charge on any atom is 0.274 e. The van der Waals surface area contributed by atoms with Gasteiger partial charge in [0, 0.05) is 30.7 Å². The molecule has 26 nitrogen and oxygen atoms in total. The third kappa shape index (κ3) is 13.6. The molecule has 1 aliphatic rings. The van der Waals surface area contributed by atoms with E-state index in [2.05, 4.69) is 43.5 Å². The molecule has 0 saturated carbocycles. The van der Waals surface area contributed by atoms with Crippen molar-refractivity contribution in [3.63, 3.8) is 0 Å². The van der Waals surface area contributed by atoms with Gasteiger partial charge in [0.05, 0.1) is 39.3 Å². The summed E-state index contributed by atoms with van der Waals surface area (Å²) in [5.74, 6) is -4.55. The van der Waals surface area contributed by atoms with Crippen LogP contribution in [0.25, 0.3) is 11.2 Å². The minimum Gasteiger partial charge on any atom is -0.790 e. The monoisotopic (exact) mass is 862 g/mol. The number of hydrogen-bond donors (Lipinski definition) is 5. The molecule has 1 aliphatic heterocycles. The van der Waals surface area contributed by atoms with Gasteiger partial charge < -0.3 is 78.9 Å². The van der Waals surface area contributed by atoms with E-state index in [-0.39, 0.29) is 42.2 Å². The Morgan fingerprint density at radius 2 is 1.73 bits per heavy atom. The van der Waals surface area contributed by atoms with Gasteiger partial charge >= 0.3 is 0 Å². The van der Waals surface area contributed by atoms with Gasteiger partial charge in [-0.05, 0) is 6.92 Å². The van der Waals surface area contributed by atoms with Crippen molar-refractivity contribution < 1.29 is 90.4 Å². The number of nitrogens with two attached hydrogens (primary N) is 1. The normalized spacial score (nSPS) is 22.3. The van der Waals surface area contributed by atoms with Gasteiger partial charge in [-0.15, -0.1) is 0 Å². The summed E-state index contributed by atoms with van der Waals surface area (Å²) in [5, 5.41) is 35.9. The van der Waals surface area contributed by atoms with Gasteiger partial charge in [0.2, 0.25) is 11.8 Å². The number of amides is 2. The molecule has 0 aliphatic carbocycles. The number of imidazole rings is 1. The first kappa shape index (κ1) is 46.4. The predicted molar refractivity (Wildman–Crippen MR) is 172 cm³/mol. The lowest BCUT2D eigenvalue weighted by atomic mass is 9.87. The van der Waals surface area contributed by atoms with Crippen molar-refractivity contribution in [2.45, 2.75) is 57.8 Å². The molecule has 0 radical (unpaired) electrons. The van der Waals surface area contributed by atoms with E-state index in [9.17, 15) is 67.8 Å². The number of fused-ring (bicyclic) bond motifs is 1. The molecule has 2 aromatic rings. The third-order valence-corrected chi connectivity index (χ3v) is 11.5. The Hall–Kier alpha value is -2.97. The number of aliphatic hydroxyl groups excluding tert-OH is 2. The molecule has 2 aromatic heterocycles. The first-order valence-electron chi connectivity index (χ1n) is 15.5. The fourth-order valence-electron chi connectivity index (χ4n) is 4.48. The number of rotatable bonds is 21. The van der Waals surface area contributed by atoms with Crippen molar-refractivity contribution in [3.8, 4) is 0 Å². The average molecular weight is 863 g/mol. The standard InChI is InChI=1S/C25H40N7O19P3S/c1-12(23(37)38)24(39)55-7-6-27-14(33)4-5-28-21(36)18(35)25(2,3)9-48-54(45,46)51-53(43,44)47-8-13-17(50-52(40,41)42)16(34)22(49-13)32-11-31-15-19(26)29-10-30-20(15)32/h10-13,16-18,22,34-35H,4-9H2,1-3H3,(H,27,33)(H,28,36)(H,37,38)(H,43,44)(H,45,46)(H2,26,29,30)(H2,40,41,42)/p-5/t12-,13+,16+,17+,18-,22+/m0/s1. The van der Waals surface area contributed by atoms with E-state index in [4.69, 9.17) is 10.5 Å². The van der Waals surface area contributed by atoms with Crippen LogP contribution in [0.15, 0.2) is 12.7 Å². The van der Waals surface area contributed by atoms with Crippen molar-refractivity contribution in [1.82, 2.24) is 30.2 Å². The van der Waals surface area contributed by atoms with Crippen LogP contribution in [0.1, 0.15) is 33.4 Å². The first-order chi connectivity index (χ1) is 25.3. The van der Waals surface area contributed by atoms with Gasteiger partial charge in [0.25, 0.3) is 15.6 Å². The SMILES string of the molecule is C[C@@H](C(=O)[O-])C(=O)SCCNC(=O)CCNC(=O)[C@H](O)C(C)(C)COP(=O)([O-])OP(=O)([O-])OC[C@H]1O[C@@H](n2cnc3c(N)ncnc32)[C@H](O)[C@@H]1OP(=O)([O-])[O-]. The molecule has 2 unspecified atom stereocenters. The molecule has 2 amide bonds. The number of aliphatic hydroxyl groups is 2. The largest absolute Gasteiger partial charge is 0.790 e. The highest BCUT2D eigenvalue weighted by Crippen LogP contribution is 2.56. The number of ether oxygens (including phenoxy) is 1. The fraction of sp³-hybridized carbons (Fsp3) is 0.640. The first-order valence-corrected chi connectivity index (χ1v) is 20.9. The summed E-state index contributed by atoms with van der Waals surface area (Å²) < 4.78 is 60.2. The van der Waals surface area contributed by atoms with Crippen LogP contribution in [-0.2, 0) is 55.5 Å². The lowest BCUT2D eigenvalue weighted by molar-refractivity contribution is -0.347. The Balaban J connectivity index is 1.50. The smallest absolute Gasteiger partial charge is 0.274 e. The topological polar surface area (TPSA) is 415 Å². The molecule has 30 heteroatoms. The Morgan fingerprint density at radius 3 is 2.36 bits per heavy atom. The zero-order chi connectivity index (χ0) is 41.5. The highest BCUT2D eigenvalue weighted by Gasteiger charge is 2.47. The number of nitrogens with zero attached hydrogens (tertiary/aromatic N) is 4. The summed E-state index contributed by atoms with van der Waals surface area (Å²) >= 11 is 0.674. The predicted octanol–water partition coefficient (Wildman–Crippen LogP) is -5.48. The number of aromatic nitrogens is 4. The van der Waals surface area contributed by atoms with Crippen LogP contribution < -0.4 is 41.0 Å². The number of phosphoric acid groups is 3. The molecule has 0 bridgehead atoms. The highest BCUT2D eigenvalue weighted by molar-refractivity contribution is 8.13. The van der Waals surface area contributed by atoms with Gasteiger partial charge in [0.15, 0.2) is 22.8 Å². The van der Waals surface area contributed by atoms with Crippen molar-refractivity contribution in [1.29, 1.82) is 0 Å². The summed E-state index contributed by atoms with van der Waals surface area (Å²) in [7, 11) is -17.7. The van der Waals surface area contributed by atoms with Crippen LogP contribution >= 0.6 is 35.2 Å². The lowest BCUT2D eigenvalue weighted by Gasteiger charge is -2.36. The van der Waals surface area contributed by atoms with Crippen LogP contribution in [-0.4, -0.2) is 109 Å². The molecule has 0 spiro atoms. The Kier molecular flexibility index (Phi) is 16.0. The van der Waals surface area contributed by atoms with E-state index < -0.39 is 102 Å². The van der Waals surface area contributed by atoms with Crippen LogP contribution in [0.4, 0.5) is 5.82 Å². The van der Waals surface area contributed by atoms with Crippen LogP contribution in [0.3, 0.4) is 0 Å². The Morgan fingerprint density at radius 1 is 1.07 bits per heavy atom. The number of nitrogen functional groups attached to an aromatic ring is 1. The van der Waals surface area contributed by atoms with E-state index in [0.29, 0.717) is 11.8 Å². The number of hydrogen-bond acceptors (Lipinski definition) is 24. The van der Waals surface area contributed by atoms with Crippen molar-refractivity contribution in [2.75, 3.05) is 37.8 Å². The van der Waals surface area contributed by atoms with Gasteiger partial charge in [-0.2, -0.15) is 0 Å². The third-order valence-electron chi connectivity index (χ3n) is 7.43. The Bertz CT molecular complexity index is 1860. The summed E-state index contributed by atoms with van der Waals surface area (Å²) in [5.41, 5.74) is 3.99. The molecule has 55 heavy (non-hydrogen) atoms. The number of thioether (sulfide) groups is 1. The minimum absolute atomic E-state index is 0.0100. The van der Waals surface area contributed by atoms with Gasteiger partial charge in [0.1, 0.15) is 36.3 Å². The molecular formula is C25H35N7O19P3S-5. The molecule has 8 atom stereocenters. The van der Waals surface area contributed by atoms with Gasteiger partial charge in [-0.25, -0.2) is 19.3 Å².